The first-order valence-corrected chi connectivity index (χ1v) is 7.33. The molecule has 0 saturated heterocycles. The lowest BCUT2D eigenvalue weighted by molar-refractivity contribution is 0.103. The zero-order valence-electron chi connectivity index (χ0n) is 11.3. The molecule has 0 atom stereocenters. The molecule has 106 valence electrons. The second-order valence-corrected chi connectivity index (χ2v) is 4.95. The van der Waals surface area contributed by atoms with Gasteiger partial charge >= 0.3 is 0 Å². The average molecular weight is 291 g/mol. The van der Waals surface area contributed by atoms with E-state index in [4.69, 9.17) is 9.47 Å². The Morgan fingerprint density at radius 3 is 2.90 bits per heavy atom. The highest BCUT2D eigenvalue weighted by Gasteiger charge is 2.07. The summed E-state index contributed by atoms with van der Waals surface area (Å²) in [5.41, 5.74) is 0.720. The molecule has 0 unspecified atom stereocenters. The molecule has 4 nitrogen and oxygen atoms in total. The fourth-order valence-corrected chi connectivity index (χ4v) is 2.25. The normalized spacial score (nSPS) is 10.2. The zero-order valence-corrected chi connectivity index (χ0v) is 12.1. The van der Waals surface area contributed by atoms with Crippen molar-refractivity contribution in [1.82, 2.24) is 0 Å². The second kappa shape index (κ2) is 7.67. The van der Waals surface area contributed by atoms with E-state index in [1.165, 1.54) is 11.3 Å². The molecular formula is C15H17NO3S. The topological polar surface area (TPSA) is 47.6 Å². The van der Waals surface area contributed by atoms with E-state index >= 15 is 0 Å². The molecule has 1 aromatic heterocycles. The van der Waals surface area contributed by atoms with Crippen molar-refractivity contribution in [2.45, 2.75) is 6.92 Å². The van der Waals surface area contributed by atoms with Crippen LogP contribution in [-0.4, -0.2) is 25.7 Å². The molecule has 0 aliphatic rings. The van der Waals surface area contributed by atoms with Crippen molar-refractivity contribution in [3.05, 3.63) is 46.7 Å². The molecule has 1 amide bonds. The Bertz CT molecular complexity index is 540. The van der Waals surface area contributed by atoms with Crippen molar-refractivity contribution in [3.63, 3.8) is 0 Å². The minimum absolute atomic E-state index is 0.105. The van der Waals surface area contributed by atoms with Gasteiger partial charge in [-0.1, -0.05) is 12.1 Å². The molecule has 2 rings (SSSR count). The van der Waals surface area contributed by atoms with Crippen molar-refractivity contribution in [3.8, 4) is 5.75 Å². The molecule has 1 N–H and O–H groups in total. The van der Waals surface area contributed by atoms with Gasteiger partial charge in [0.05, 0.1) is 11.5 Å². The number of thiophene rings is 1. The summed E-state index contributed by atoms with van der Waals surface area (Å²) in [6, 6.07) is 11.0. The van der Waals surface area contributed by atoms with E-state index in [-0.39, 0.29) is 5.91 Å². The van der Waals surface area contributed by atoms with Crippen LogP contribution in [0, 0.1) is 0 Å². The summed E-state index contributed by atoms with van der Waals surface area (Å²) in [5, 5.41) is 4.72. The van der Waals surface area contributed by atoms with Gasteiger partial charge in [-0.15, -0.1) is 11.3 Å². The van der Waals surface area contributed by atoms with Crippen LogP contribution < -0.4 is 10.1 Å². The summed E-state index contributed by atoms with van der Waals surface area (Å²) in [6.07, 6.45) is 0. The second-order valence-electron chi connectivity index (χ2n) is 4.00. The number of carbonyl (C=O) groups is 1. The summed E-state index contributed by atoms with van der Waals surface area (Å²) >= 11 is 1.41. The van der Waals surface area contributed by atoms with Gasteiger partial charge in [-0.3, -0.25) is 4.79 Å². The highest BCUT2D eigenvalue weighted by molar-refractivity contribution is 7.12. The number of carbonyl (C=O) groups excluding carboxylic acids is 1. The first-order chi connectivity index (χ1) is 9.79. The zero-order chi connectivity index (χ0) is 14.2. The van der Waals surface area contributed by atoms with Gasteiger partial charge < -0.3 is 14.8 Å². The molecule has 1 aromatic carbocycles. The van der Waals surface area contributed by atoms with Gasteiger partial charge in [-0.25, -0.2) is 0 Å². The maximum atomic E-state index is 11.9. The van der Waals surface area contributed by atoms with Crippen LogP contribution in [0.15, 0.2) is 41.8 Å². The van der Waals surface area contributed by atoms with Gasteiger partial charge in [0.1, 0.15) is 12.4 Å². The fourth-order valence-electron chi connectivity index (χ4n) is 1.63. The molecule has 0 aliphatic carbocycles. The number of ether oxygens (including phenoxy) is 2. The SMILES string of the molecule is CCOCCOc1cccc(NC(=O)c2cccs2)c1. The summed E-state index contributed by atoms with van der Waals surface area (Å²) < 4.78 is 10.8. The molecule has 0 fully saturated rings. The first-order valence-electron chi connectivity index (χ1n) is 6.45. The van der Waals surface area contributed by atoms with Gasteiger partial charge in [-0.2, -0.15) is 0 Å². The van der Waals surface area contributed by atoms with Gasteiger partial charge in [0, 0.05) is 18.4 Å². The van der Waals surface area contributed by atoms with E-state index in [2.05, 4.69) is 5.32 Å². The van der Waals surface area contributed by atoms with Crippen molar-refractivity contribution in [2.75, 3.05) is 25.1 Å². The molecular weight excluding hydrogens is 274 g/mol. The Balaban J connectivity index is 1.90. The van der Waals surface area contributed by atoms with Crippen molar-refractivity contribution in [1.29, 1.82) is 0 Å². The largest absolute Gasteiger partial charge is 0.491 e. The van der Waals surface area contributed by atoms with E-state index in [1.54, 1.807) is 12.1 Å². The Morgan fingerprint density at radius 1 is 1.25 bits per heavy atom. The number of hydrogen-bond donors (Lipinski definition) is 1. The molecule has 0 bridgehead atoms. The lowest BCUT2D eigenvalue weighted by atomic mass is 10.3. The average Bonchev–Trinajstić information content (AvgIpc) is 2.98. The molecule has 20 heavy (non-hydrogen) atoms. The van der Waals surface area contributed by atoms with Gasteiger partial charge in [0.2, 0.25) is 0 Å². The van der Waals surface area contributed by atoms with Crippen LogP contribution in [0.5, 0.6) is 5.75 Å². The summed E-state index contributed by atoms with van der Waals surface area (Å²) in [7, 11) is 0. The minimum atomic E-state index is -0.105. The van der Waals surface area contributed by atoms with Crippen LogP contribution in [0.1, 0.15) is 16.6 Å². The van der Waals surface area contributed by atoms with E-state index in [0.29, 0.717) is 30.4 Å². The standard InChI is InChI=1S/C15H17NO3S/c1-2-18-8-9-19-13-6-3-5-12(11-13)16-15(17)14-7-4-10-20-14/h3-7,10-11H,2,8-9H2,1H3,(H,16,17). The van der Waals surface area contributed by atoms with Crippen LogP contribution >= 0.6 is 11.3 Å². The molecule has 0 saturated carbocycles. The third-order valence-electron chi connectivity index (χ3n) is 2.54. The number of hydrogen-bond acceptors (Lipinski definition) is 4. The highest BCUT2D eigenvalue weighted by Crippen LogP contribution is 2.19. The monoisotopic (exact) mass is 291 g/mol. The van der Waals surface area contributed by atoms with Gasteiger partial charge in [0.15, 0.2) is 0 Å². The van der Waals surface area contributed by atoms with E-state index in [0.717, 1.165) is 5.69 Å². The van der Waals surface area contributed by atoms with Crippen LogP contribution in [0.4, 0.5) is 5.69 Å². The number of nitrogens with one attached hydrogen (secondary N) is 1. The Kier molecular flexibility index (Phi) is 5.58. The predicted molar refractivity (Wildman–Crippen MR) is 80.7 cm³/mol. The fraction of sp³-hybridized carbons (Fsp3) is 0.267. The van der Waals surface area contributed by atoms with Crippen molar-refractivity contribution >= 4 is 22.9 Å². The molecule has 5 heteroatoms. The maximum Gasteiger partial charge on any atom is 0.265 e. The summed E-state index contributed by atoms with van der Waals surface area (Å²) in [5.74, 6) is 0.611. The lowest BCUT2D eigenvalue weighted by Crippen LogP contribution is -2.10. The van der Waals surface area contributed by atoms with Gasteiger partial charge in [-0.05, 0) is 30.5 Å². The van der Waals surface area contributed by atoms with Crippen molar-refractivity contribution in [2.24, 2.45) is 0 Å². The maximum absolute atomic E-state index is 11.9. The van der Waals surface area contributed by atoms with Crippen LogP contribution in [0.2, 0.25) is 0 Å². The molecule has 2 aromatic rings. The molecule has 0 spiro atoms. The minimum Gasteiger partial charge on any atom is -0.491 e. The Morgan fingerprint density at radius 2 is 2.15 bits per heavy atom. The van der Waals surface area contributed by atoms with Crippen LogP contribution in [-0.2, 0) is 4.74 Å². The highest BCUT2D eigenvalue weighted by atomic mass is 32.1. The first kappa shape index (κ1) is 14.6. The third kappa shape index (κ3) is 4.36. The predicted octanol–water partition coefficient (Wildman–Crippen LogP) is 3.42. The van der Waals surface area contributed by atoms with E-state index in [1.807, 2.05) is 36.6 Å². The quantitative estimate of drug-likeness (QED) is 0.795. The van der Waals surface area contributed by atoms with E-state index < -0.39 is 0 Å². The molecule has 0 radical (unpaired) electrons. The Hall–Kier alpha value is -1.85. The number of amides is 1. The van der Waals surface area contributed by atoms with Gasteiger partial charge in [0.25, 0.3) is 5.91 Å². The van der Waals surface area contributed by atoms with Crippen LogP contribution in [0.3, 0.4) is 0 Å². The Labute approximate surface area is 122 Å². The van der Waals surface area contributed by atoms with Crippen LogP contribution in [0.25, 0.3) is 0 Å². The number of rotatable bonds is 7. The lowest BCUT2D eigenvalue weighted by Gasteiger charge is -2.08. The number of benzene rings is 1. The molecule has 1 heterocycles. The van der Waals surface area contributed by atoms with E-state index in [9.17, 15) is 4.79 Å². The molecule has 0 aliphatic heterocycles. The third-order valence-corrected chi connectivity index (χ3v) is 3.41. The summed E-state index contributed by atoms with van der Waals surface area (Å²) in [6.45, 7) is 3.68. The smallest absolute Gasteiger partial charge is 0.265 e. The summed E-state index contributed by atoms with van der Waals surface area (Å²) in [4.78, 5) is 12.6. The number of anilines is 1. The van der Waals surface area contributed by atoms with Crippen molar-refractivity contribution < 1.29 is 14.3 Å².